The molecule has 2 unspecified atom stereocenters. The molecule has 2 aromatic rings. The van der Waals surface area contributed by atoms with E-state index in [1.54, 1.807) is 17.2 Å². The first kappa shape index (κ1) is 24.7. The van der Waals surface area contributed by atoms with Gasteiger partial charge in [-0.05, 0) is 42.7 Å². The summed E-state index contributed by atoms with van der Waals surface area (Å²) < 4.78 is 6.32. The molecular weight excluding hydrogens is 438 g/mol. The first-order valence-electron chi connectivity index (χ1n) is 12.7. The van der Waals surface area contributed by atoms with Crippen LogP contribution in [0.3, 0.4) is 0 Å². The van der Waals surface area contributed by atoms with Crippen molar-refractivity contribution in [3.63, 3.8) is 0 Å². The predicted molar refractivity (Wildman–Crippen MR) is 141 cm³/mol. The molecule has 182 valence electrons. The molecular formula is C29H39NO3Si. The van der Waals surface area contributed by atoms with Crippen LogP contribution in [0.5, 0.6) is 0 Å². The Morgan fingerprint density at radius 2 is 1.62 bits per heavy atom. The molecule has 34 heavy (non-hydrogen) atoms. The lowest BCUT2D eigenvalue weighted by Gasteiger charge is -2.45. The molecule has 4 rings (SSSR count). The van der Waals surface area contributed by atoms with Crippen LogP contribution in [-0.2, 0) is 10.2 Å². The maximum atomic E-state index is 13.7. The molecule has 2 aromatic carbocycles. The van der Waals surface area contributed by atoms with Gasteiger partial charge in [0.25, 0.3) is 0 Å². The van der Waals surface area contributed by atoms with Crippen LogP contribution >= 0.6 is 0 Å². The van der Waals surface area contributed by atoms with Crippen LogP contribution < -0.4 is 5.19 Å². The summed E-state index contributed by atoms with van der Waals surface area (Å²) in [5.74, 6) is 0.268. The van der Waals surface area contributed by atoms with Crippen molar-refractivity contribution in [2.45, 2.75) is 82.3 Å². The lowest BCUT2D eigenvalue weighted by Crippen LogP contribution is -2.62. The summed E-state index contributed by atoms with van der Waals surface area (Å²) in [4.78, 5) is 15.4. The molecule has 4 atom stereocenters. The minimum atomic E-state index is -2.10. The Balaban J connectivity index is 1.57. The number of ether oxygens (including phenoxy) is 1. The number of aliphatic hydroxyl groups excluding tert-OH is 1. The maximum Gasteiger partial charge on any atom is 0.414 e. The van der Waals surface area contributed by atoms with Gasteiger partial charge >= 0.3 is 6.09 Å². The Morgan fingerprint density at radius 3 is 2.29 bits per heavy atom. The highest BCUT2D eigenvalue weighted by molar-refractivity contribution is 6.91. The number of amides is 1. The Hall–Kier alpha value is -2.37. The summed E-state index contributed by atoms with van der Waals surface area (Å²) in [6.45, 7) is 9.12. The quantitative estimate of drug-likeness (QED) is 0.557. The average Bonchev–Trinajstić information content (AvgIpc) is 2.85. The summed E-state index contributed by atoms with van der Waals surface area (Å²) in [6.07, 6.45) is 7.32. The highest BCUT2D eigenvalue weighted by Crippen LogP contribution is 2.42. The largest absolute Gasteiger partial charge is 0.446 e. The van der Waals surface area contributed by atoms with Crippen molar-refractivity contribution in [3.05, 3.63) is 78.5 Å². The van der Waals surface area contributed by atoms with Gasteiger partial charge in [-0.15, -0.1) is 0 Å². The summed E-state index contributed by atoms with van der Waals surface area (Å²) >= 11 is 0. The van der Waals surface area contributed by atoms with Crippen molar-refractivity contribution in [1.29, 1.82) is 0 Å². The van der Waals surface area contributed by atoms with Crippen LogP contribution in [0.25, 0.3) is 0 Å². The van der Waals surface area contributed by atoms with Gasteiger partial charge in [-0.1, -0.05) is 99.2 Å². The standard InChI is InChI=1S/C29H39NO3Si/c1-29(2,22-13-7-5-8-14-22)25-17-11-12-18-26(25)33-28(32)30-20-19-23(31)21-27(30)34(3,4)24-15-9-6-10-16-24/h5-10,13-16,19-20,23,25-27,31H,11-12,17-18,21H2,1-4H3/t23-,25?,26?,27-/m1/s1. The fraction of sp³-hybridized carbons (Fsp3) is 0.483. The molecule has 1 saturated carbocycles. The minimum Gasteiger partial charge on any atom is -0.446 e. The number of hydrogen-bond donors (Lipinski definition) is 1. The van der Waals surface area contributed by atoms with Crippen LogP contribution in [0, 0.1) is 5.92 Å². The van der Waals surface area contributed by atoms with Crippen LogP contribution in [0.1, 0.15) is 51.5 Å². The van der Waals surface area contributed by atoms with Gasteiger partial charge in [0.2, 0.25) is 0 Å². The topological polar surface area (TPSA) is 49.8 Å². The number of nitrogens with zero attached hydrogens (tertiary/aromatic N) is 1. The van der Waals surface area contributed by atoms with Gasteiger partial charge in [0.1, 0.15) is 14.2 Å². The number of carbonyl (C=O) groups is 1. The summed E-state index contributed by atoms with van der Waals surface area (Å²) in [5.41, 5.74) is 1.14. The van der Waals surface area contributed by atoms with Crippen molar-refractivity contribution in [2.24, 2.45) is 5.92 Å². The molecule has 2 aliphatic rings. The third-order valence-corrected chi connectivity index (χ3v) is 12.2. The fourth-order valence-electron chi connectivity index (χ4n) is 5.94. The highest BCUT2D eigenvalue weighted by Gasteiger charge is 2.45. The predicted octanol–water partition coefficient (Wildman–Crippen LogP) is 5.76. The van der Waals surface area contributed by atoms with Crippen LogP contribution in [-0.4, -0.2) is 42.0 Å². The molecule has 1 aliphatic carbocycles. The number of rotatable bonds is 5. The second kappa shape index (κ2) is 10.1. The normalized spacial score (nSPS) is 25.7. The molecule has 1 N–H and O–H groups in total. The van der Waals surface area contributed by atoms with E-state index in [1.165, 1.54) is 17.2 Å². The molecule has 5 heteroatoms. The molecule has 4 nitrogen and oxygen atoms in total. The molecule has 0 aromatic heterocycles. The lowest BCUT2D eigenvalue weighted by atomic mass is 9.66. The van der Waals surface area contributed by atoms with Crippen LogP contribution in [0.2, 0.25) is 13.1 Å². The van der Waals surface area contributed by atoms with Crippen LogP contribution in [0.15, 0.2) is 72.9 Å². The molecule has 1 amide bonds. The number of benzene rings is 2. The SMILES string of the molecule is CC(C)(c1ccccc1)C1CCCCC1OC(=O)N1C=C[C@@H](O)C[C@H]1[Si](C)(C)c1ccccc1. The molecule has 0 spiro atoms. The van der Waals surface area contributed by atoms with E-state index in [-0.39, 0.29) is 29.2 Å². The molecule has 1 fully saturated rings. The zero-order valence-electron chi connectivity index (χ0n) is 21.0. The summed E-state index contributed by atoms with van der Waals surface area (Å²) in [7, 11) is -2.10. The van der Waals surface area contributed by atoms with Crippen molar-refractivity contribution in [1.82, 2.24) is 4.90 Å². The number of aliphatic hydroxyl groups is 1. The smallest absolute Gasteiger partial charge is 0.414 e. The van der Waals surface area contributed by atoms with E-state index in [9.17, 15) is 9.90 Å². The summed E-state index contributed by atoms with van der Waals surface area (Å²) in [6, 6.07) is 21.0. The third-order valence-electron chi connectivity index (χ3n) is 8.23. The summed E-state index contributed by atoms with van der Waals surface area (Å²) in [5, 5.41) is 11.7. The second-order valence-corrected chi connectivity index (χ2v) is 15.7. The van der Waals surface area contributed by atoms with E-state index in [0.717, 1.165) is 19.3 Å². The number of hydrogen-bond acceptors (Lipinski definition) is 3. The Labute approximate surface area is 205 Å². The van der Waals surface area contributed by atoms with Gasteiger partial charge in [0, 0.05) is 17.8 Å². The first-order valence-corrected chi connectivity index (χ1v) is 15.8. The van der Waals surface area contributed by atoms with Gasteiger partial charge in [-0.2, -0.15) is 0 Å². The van der Waals surface area contributed by atoms with Gasteiger partial charge in [0.05, 0.1) is 6.10 Å². The van der Waals surface area contributed by atoms with E-state index < -0.39 is 14.2 Å². The Kier molecular flexibility index (Phi) is 7.34. The highest BCUT2D eigenvalue weighted by atomic mass is 28.3. The maximum absolute atomic E-state index is 13.7. The van der Waals surface area contributed by atoms with Gasteiger partial charge < -0.3 is 9.84 Å². The monoisotopic (exact) mass is 477 g/mol. The van der Waals surface area contributed by atoms with E-state index in [2.05, 4.69) is 75.5 Å². The van der Waals surface area contributed by atoms with Crippen molar-refractivity contribution in [2.75, 3.05) is 0 Å². The van der Waals surface area contributed by atoms with E-state index in [4.69, 9.17) is 4.74 Å². The molecule has 0 bridgehead atoms. The molecule has 1 aliphatic heterocycles. The Morgan fingerprint density at radius 1 is 1.00 bits per heavy atom. The first-order chi connectivity index (χ1) is 16.2. The van der Waals surface area contributed by atoms with E-state index >= 15 is 0 Å². The van der Waals surface area contributed by atoms with Gasteiger partial charge in [0.15, 0.2) is 0 Å². The van der Waals surface area contributed by atoms with Crippen molar-refractivity contribution < 1.29 is 14.6 Å². The fourth-order valence-corrected chi connectivity index (χ4v) is 9.10. The molecule has 1 heterocycles. The Bertz CT molecular complexity index is 989. The lowest BCUT2D eigenvalue weighted by molar-refractivity contribution is -0.00495. The molecule has 0 radical (unpaired) electrons. The van der Waals surface area contributed by atoms with E-state index in [0.29, 0.717) is 6.42 Å². The van der Waals surface area contributed by atoms with Gasteiger partial charge in [-0.25, -0.2) is 4.79 Å². The van der Waals surface area contributed by atoms with Crippen molar-refractivity contribution >= 4 is 19.4 Å². The minimum absolute atomic E-state index is 0.0634. The number of carbonyl (C=O) groups excluding carboxylic acids is 1. The third kappa shape index (κ3) is 5.01. The van der Waals surface area contributed by atoms with Crippen molar-refractivity contribution in [3.8, 4) is 0 Å². The van der Waals surface area contributed by atoms with Crippen LogP contribution in [0.4, 0.5) is 4.79 Å². The molecule has 0 saturated heterocycles. The zero-order chi connectivity index (χ0) is 24.3. The average molecular weight is 478 g/mol. The zero-order valence-corrected chi connectivity index (χ0v) is 22.0. The van der Waals surface area contributed by atoms with Gasteiger partial charge in [-0.3, -0.25) is 4.90 Å². The van der Waals surface area contributed by atoms with E-state index in [1.807, 2.05) is 12.1 Å². The second-order valence-electron chi connectivity index (χ2n) is 11.1.